The number of benzene rings is 1. The van der Waals surface area contributed by atoms with Crippen molar-refractivity contribution in [1.29, 1.82) is 0 Å². The SMILES string of the molecule is Fc1ccc(N2CCN(Cc3nnc4n3CCCCC4)CC2)cc1.O=CO. The summed E-state index contributed by atoms with van der Waals surface area (Å²) in [5, 5.41) is 15.7. The maximum atomic E-state index is 13.1. The number of carbonyl (C=O) groups is 1. The summed E-state index contributed by atoms with van der Waals surface area (Å²) in [7, 11) is 0. The molecule has 0 atom stereocenters. The first-order chi connectivity index (χ1) is 13.2. The molecule has 2 aromatic rings. The normalized spacial score (nSPS) is 17.4. The number of rotatable bonds is 3. The monoisotopic (exact) mass is 375 g/mol. The van der Waals surface area contributed by atoms with Crippen molar-refractivity contribution in [2.45, 2.75) is 38.8 Å². The van der Waals surface area contributed by atoms with E-state index in [0.29, 0.717) is 0 Å². The second-order valence-electron chi connectivity index (χ2n) is 6.84. The molecule has 0 spiro atoms. The second kappa shape index (κ2) is 9.45. The number of anilines is 1. The van der Waals surface area contributed by atoms with Crippen LogP contribution in [0.4, 0.5) is 10.1 Å². The molecule has 146 valence electrons. The lowest BCUT2D eigenvalue weighted by atomic mass is 10.2. The largest absolute Gasteiger partial charge is 0.483 e. The Kier molecular flexibility index (Phi) is 6.75. The van der Waals surface area contributed by atoms with E-state index < -0.39 is 0 Å². The standard InChI is InChI=1S/C18H24FN5.CH2O2/c19-15-5-7-16(8-6-15)23-12-10-22(11-13-23)14-18-21-20-17-4-2-1-3-9-24(17)18;2-1-3/h5-8H,1-4,9-14H2;1H,(H,2,3). The van der Waals surface area contributed by atoms with Crippen molar-refractivity contribution < 1.29 is 14.3 Å². The number of carboxylic acid groups (broad SMARTS) is 1. The predicted molar refractivity (Wildman–Crippen MR) is 100 cm³/mol. The molecule has 1 aromatic heterocycles. The van der Waals surface area contributed by atoms with Crippen molar-refractivity contribution in [2.24, 2.45) is 0 Å². The molecule has 1 N–H and O–H groups in total. The first-order valence-electron chi connectivity index (χ1n) is 9.43. The molecule has 7 nitrogen and oxygen atoms in total. The van der Waals surface area contributed by atoms with Crippen molar-refractivity contribution in [3.63, 3.8) is 0 Å². The van der Waals surface area contributed by atoms with Crippen LogP contribution in [0.3, 0.4) is 0 Å². The Morgan fingerprint density at radius 2 is 1.70 bits per heavy atom. The first kappa shape index (κ1) is 19.3. The average Bonchev–Trinajstić information content (AvgIpc) is 2.90. The highest BCUT2D eigenvalue weighted by molar-refractivity contribution is 5.46. The minimum atomic E-state index is -0.250. The van der Waals surface area contributed by atoms with Gasteiger partial charge in [0.2, 0.25) is 0 Å². The van der Waals surface area contributed by atoms with Gasteiger partial charge < -0.3 is 14.6 Å². The number of hydrogen-bond donors (Lipinski definition) is 1. The van der Waals surface area contributed by atoms with Crippen LogP contribution in [0.5, 0.6) is 0 Å². The van der Waals surface area contributed by atoms with Crippen LogP contribution < -0.4 is 4.90 Å². The number of aryl methyl sites for hydroxylation is 1. The van der Waals surface area contributed by atoms with Gasteiger partial charge in [-0.3, -0.25) is 9.69 Å². The number of halogens is 1. The second-order valence-corrected chi connectivity index (χ2v) is 6.84. The minimum absolute atomic E-state index is 0.176. The molecular formula is C19H26FN5O2. The molecule has 1 saturated heterocycles. The molecule has 0 aliphatic carbocycles. The summed E-state index contributed by atoms with van der Waals surface area (Å²) in [6, 6.07) is 6.80. The van der Waals surface area contributed by atoms with Gasteiger partial charge in [0.15, 0.2) is 0 Å². The van der Waals surface area contributed by atoms with Crippen molar-refractivity contribution >= 4 is 12.2 Å². The van der Waals surface area contributed by atoms with E-state index in [1.165, 1.54) is 31.4 Å². The molecule has 1 fully saturated rings. The molecule has 0 unspecified atom stereocenters. The molecule has 2 aliphatic rings. The highest BCUT2D eigenvalue weighted by Gasteiger charge is 2.21. The Hall–Kier alpha value is -2.48. The number of piperazine rings is 1. The molecule has 0 radical (unpaired) electrons. The van der Waals surface area contributed by atoms with Crippen LogP contribution in [0.15, 0.2) is 24.3 Å². The number of hydrogen-bond acceptors (Lipinski definition) is 5. The quantitative estimate of drug-likeness (QED) is 0.829. The molecule has 27 heavy (non-hydrogen) atoms. The summed E-state index contributed by atoms with van der Waals surface area (Å²) >= 11 is 0. The van der Waals surface area contributed by atoms with Gasteiger partial charge >= 0.3 is 0 Å². The van der Waals surface area contributed by atoms with E-state index in [0.717, 1.165) is 63.0 Å². The van der Waals surface area contributed by atoms with Crippen molar-refractivity contribution in [1.82, 2.24) is 19.7 Å². The van der Waals surface area contributed by atoms with Crippen molar-refractivity contribution in [2.75, 3.05) is 31.1 Å². The smallest absolute Gasteiger partial charge is 0.290 e. The zero-order valence-electron chi connectivity index (χ0n) is 15.4. The van der Waals surface area contributed by atoms with Gasteiger partial charge in [0.05, 0.1) is 6.54 Å². The Balaban J connectivity index is 0.000000659. The summed E-state index contributed by atoms with van der Waals surface area (Å²) in [5.74, 6) is 2.10. The number of aromatic nitrogens is 3. The molecule has 3 heterocycles. The van der Waals surface area contributed by atoms with Gasteiger partial charge in [0.1, 0.15) is 17.5 Å². The molecule has 1 aromatic carbocycles. The van der Waals surface area contributed by atoms with Gasteiger partial charge in [-0.25, -0.2) is 4.39 Å². The number of fused-ring (bicyclic) bond motifs is 1. The Labute approximate surface area is 158 Å². The maximum Gasteiger partial charge on any atom is 0.290 e. The van der Waals surface area contributed by atoms with Crippen LogP contribution in [-0.4, -0.2) is 57.4 Å². The van der Waals surface area contributed by atoms with E-state index in [2.05, 4.69) is 24.6 Å². The fraction of sp³-hybridized carbons (Fsp3) is 0.526. The molecule has 2 aliphatic heterocycles. The lowest BCUT2D eigenvalue weighted by molar-refractivity contribution is -0.122. The lowest BCUT2D eigenvalue weighted by Crippen LogP contribution is -2.46. The highest BCUT2D eigenvalue weighted by atomic mass is 19.1. The number of nitrogens with zero attached hydrogens (tertiary/aromatic N) is 5. The van der Waals surface area contributed by atoms with Gasteiger partial charge in [-0.15, -0.1) is 10.2 Å². The summed E-state index contributed by atoms with van der Waals surface area (Å²) in [4.78, 5) is 13.1. The van der Waals surface area contributed by atoms with E-state index in [-0.39, 0.29) is 12.3 Å². The molecule has 0 amide bonds. The van der Waals surface area contributed by atoms with Crippen LogP contribution in [0.25, 0.3) is 0 Å². The minimum Gasteiger partial charge on any atom is -0.483 e. The van der Waals surface area contributed by atoms with Gasteiger partial charge in [0.25, 0.3) is 6.47 Å². The van der Waals surface area contributed by atoms with E-state index in [1.54, 1.807) is 0 Å². The summed E-state index contributed by atoms with van der Waals surface area (Å²) in [6.07, 6.45) is 4.81. The van der Waals surface area contributed by atoms with E-state index in [9.17, 15) is 4.39 Å². The third-order valence-corrected chi connectivity index (χ3v) is 5.12. The predicted octanol–water partition coefficient (Wildman–Crippen LogP) is 2.17. The van der Waals surface area contributed by atoms with E-state index in [4.69, 9.17) is 9.90 Å². The van der Waals surface area contributed by atoms with Crippen LogP contribution in [0.2, 0.25) is 0 Å². The zero-order chi connectivity index (χ0) is 19.1. The highest BCUT2D eigenvalue weighted by Crippen LogP contribution is 2.19. The summed E-state index contributed by atoms with van der Waals surface area (Å²) in [6.45, 7) is 5.62. The maximum absolute atomic E-state index is 13.1. The van der Waals surface area contributed by atoms with Gasteiger partial charge in [-0.05, 0) is 37.1 Å². The molecule has 0 bridgehead atoms. The van der Waals surface area contributed by atoms with Crippen LogP contribution >= 0.6 is 0 Å². The van der Waals surface area contributed by atoms with E-state index in [1.807, 2.05) is 12.1 Å². The van der Waals surface area contributed by atoms with E-state index >= 15 is 0 Å². The topological polar surface area (TPSA) is 74.5 Å². The first-order valence-corrected chi connectivity index (χ1v) is 9.43. The molecule has 8 heteroatoms. The van der Waals surface area contributed by atoms with Gasteiger partial charge in [0, 0.05) is 44.8 Å². The molecule has 4 rings (SSSR count). The van der Waals surface area contributed by atoms with Crippen LogP contribution in [0.1, 0.15) is 30.9 Å². The van der Waals surface area contributed by atoms with Crippen LogP contribution in [0, 0.1) is 5.82 Å². The Bertz CT molecular complexity index is 726. The Morgan fingerprint density at radius 3 is 2.41 bits per heavy atom. The van der Waals surface area contributed by atoms with Gasteiger partial charge in [-0.1, -0.05) is 6.42 Å². The third kappa shape index (κ3) is 5.03. The third-order valence-electron chi connectivity index (χ3n) is 5.12. The lowest BCUT2D eigenvalue weighted by Gasteiger charge is -2.35. The van der Waals surface area contributed by atoms with Gasteiger partial charge in [-0.2, -0.15) is 0 Å². The fourth-order valence-electron chi connectivity index (χ4n) is 3.68. The molecular weight excluding hydrogens is 349 g/mol. The van der Waals surface area contributed by atoms with Crippen LogP contribution in [-0.2, 0) is 24.3 Å². The van der Waals surface area contributed by atoms with Crippen molar-refractivity contribution in [3.05, 3.63) is 41.7 Å². The zero-order valence-corrected chi connectivity index (χ0v) is 15.4. The molecule has 0 saturated carbocycles. The van der Waals surface area contributed by atoms with Crippen molar-refractivity contribution in [3.8, 4) is 0 Å². The fourth-order valence-corrected chi connectivity index (χ4v) is 3.68. The summed E-state index contributed by atoms with van der Waals surface area (Å²) in [5.41, 5.74) is 1.10. The Morgan fingerprint density at radius 1 is 1.00 bits per heavy atom. The average molecular weight is 375 g/mol. The summed E-state index contributed by atoms with van der Waals surface area (Å²) < 4.78 is 15.4.